The van der Waals surface area contributed by atoms with Crippen LogP contribution in [-0.4, -0.2) is 41.6 Å². The van der Waals surface area contributed by atoms with Crippen molar-refractivity contribution in [3.8, 4) is 11.5 Å². The number of hydrogen-bond donors (Lipinski definition) is 2. The van der Waals surface area contributed by atoms with Crippen LogP contribution in [0.25, 0.3) is 0 Å². The van der Waals surface area contributed by atoms with Crippen molar-refractivity contribution in [2.45, 2.75) is 43.4 Å². The van der Waals surface area contributed by atoms with Gasteiger partial charge in [-0.05, 0) is 47.5 Å². The van der Waals surface area contributed by atoms with Gasteiger partial charge in [0, 0.05) is 24.9 Å². The second-order valence-corrected chi connectivity index (χ2v) is 8.41. The molecule has 0 saturated heterocycles. The van der Waals surface area contributed by atoms with Crippen LogP contribution in [-0.2, 0) is 12.0 Å². The number of ether oxygens (including phenoxy) is 2. The number of hydrogen-bond acceptors (Lipinski definition) is 5. The number of nitrogens with zero attached hydrogens (tertiary/aromatic N) is 1. The molecule has 1 heterocycles. The third kappa shape index (κ3) is 9.32. The van der Waals surface area contributed by atoms with Gasteiger partial charge in [0.15, 0.2) is 0 Å². The monoisotopic (exact) mass is 568 g/mol. The van der Waals surface area contributed by atoms with Gasteiger partial charge in [-0.2, -0.15) is 13.2 Å². The lowest BCUT2D eigenvalue weighted by Crippen LogP contribution is -2.49. The number of halogens is 9. The summed E-state index contributed by atoms with van der Waals surface area (Å²) in [6, 6.07) is 13.4. The topological polar surface area (TPSA) is 63.6 Å². The van der Waals surface area contributed by atoms with Crippen molar-refractivity contribution in [3.63, 3.8) is 0 Å². The van der Waals surface area contributed by atoms with Crippen LogP contribution >= 0.6 is 0 Å². The number of benzene rings is 2. The Kier molecular flexibility index (Phi) is 9.01. The summed E-state index contributed by atoms with van der Waals surface area (Å²) in [6.45, 7) is -0.749. The van der Waals surface area contributed by atoms with Crippen LogP contribution in [0.2, 0.25) is 0 Å². The highest BCUT2D eigenvalue weighted by Crippen LogP contribution is 2.38. The van der Waals surface area contributed by atoms with Gasteiger partial charge in [-0.15, -0.1) is 26.3 Å². The molecule has 39 heavy (non-hydrogen) atoms. The average Bonchev–Trinajstić information content (AvgIpc) is 2.79. The first kappa shape index (κ1) is 30.0. The summed E-state index contributed by atoms with van der Waals surface area (Å²) < 4.78 is 124. The Hall–Kier alpha value is -3.52. The van der Waals surface area contributed by atoms with Crippen LogP contribution in [0.5, 0.6) is 11.5 Å². The first-order valence-corrected chi connectivity index (χ1v) is 11.2. The molecule has 2 N–H and O–H groups in total. The zero-order valence-electron chi connectivity index (χ0n) is 19.7. The molecule has 0 aliphatic rings. The normalized spacial score (nSPS) is 13.7. The van der Waals surface area contributed by atoms with E-state index in [1.54, 1.807) is 12.1 Å². The zero-order valence-corrected chi connectivity index (χ0v) is 19.7. The number of aliphatic hydroxyl groups is 1. The van der Waals surface area contributed by atoms with Gasteiger partial charge in [0.25, 0.3) is 0 Å². The molecule has 5 nitrogen and oxygen atoms in total. The van der Waals surface area contributed by atoms with E-state index < -0.39 is 55.0 Å². The maximum atomic E-state index is 13.0. The van der Waals surface area contributed by atoms with Gasteiger partial charge in [0.2, 0.25) is 0 Å². The fraction of sp³-hybridized carbons (Fsp3) is 0.320. The van der Waals surface area contributed by atoms with E-state index in [1.165, 1.54) is 36.5 Å². The molecule has 3 rings (SSSR count). The molecule has 0 saturated carbocycles. The van der Waals surface area contributed by atoms with Crippen LogP contribution in [0.3, 0.4) is 0 Å². The van der Waals surface area contributed by atoms with Gasteiger partial charge in [-0.25, -0.2) is 0 Å². The van der Waals surface area contributed by atoms with Gasteiger partial charge < -0.3 is 19.9 Å². The average molecular weight is 568 g/mol. The Morgan fingerprint density at radius 1 is 0.744 bits per heavy atom. The molecule has 0 aliphatic heterocycles. The lowest BCUT2D eigenvalue weighted by Gasteiger charge is -2.37. The Bertz CT molecular complexity index is 1160. The Labute approximate surface area is 216 Å². The number of rotatable bonds is 10. The van der Waals surface area contributed by atoms with Crippen molar-refractivity contribution in [1.29, 1.82) is 0 Å². The molecule has 1 unspecified atom stereocenters. The molecule has 0 amide bonds. The highest BCUT2D eigenvalue weighted by atomic mass is 19.4. The third-order valence-electron chi connectivity index (χ3n) is 5.40. The van der Waals surface area contributed by atoms with Gasteiger partial charge in [0.1, 0.15) is 11.5 Å². The summed E-state index contributed by atoms with van der Waals surface area (Å²) in [7, 11) is 0. The molecule has 3 aromatic rings. The fourth-order valence-corrected chi connectivity index (χ4v) is 3.96. The molecule has 212 valence electrons. The molecule has 1 atom stereocenters. The summed E-state index contributed by atoms with van der Waals surface area (Å²) in [4.78, 5) is 4.16. The highest BCUT2D eigenvalue weighted by Gasteiger charge is 2.39. The number of pyridine rings is 1. The summed E-state index contributed by atoms with van der Waals surface area (Å²) >= 11 is 0. The molecule has 1 aromatic heterocycles. The molecule has 14 heteroatoms. The molecule has 0 fully saturated rings. The predicted molar refractivity (Wildman–Crippen MR) is 120 cm³/mol. The van der Waals surface area contributed by atoms with Gasteiger partial charge in [-0.1, -0.05) is 30.3 Å². The van der Waals surface area contributed by atoms with E-state index in [0.717, 1.165) is 24.3 Å². The molecular formula is C25H21F9N2O3. The Balaban J connectivity index is 2.20. The van der Waals surface area contributed by atoms with Crippen molar-refractivity contribution < 1.29 is 54.1 Å². The number of aromatic nitrogens is 1. The third-order valence-corrected chi connectivity index (χ3v) is 5.40. The lowest BCUT2D eigenvalue weighted by molar-refractivity contribution is -0.275. The molecule has 0 spiro atoms. The molecule has 0 bridgehead atoms. The molecule has 0 radical (unpaired) electrons. The zero-order chi connectivity index (χ0) is 28.9. The van der Waals surface area contributed by atoms with Crippen molar-refractivity contribution >= 4 is 0 Å². The fourth-order valence-electron chi connectivity index (χ4n) is 3.96. The first-order chi connectivity index (χ1) is 18.0. The van der Waals surface area contributed by atoms with E-state index in [4.69, 9.17) is 0 Å². The van der Waals surface area contributed by atoms with Gasteiger partial charge in [-0.3, -0.25) is 4.98 Å². The van der Waals surface area contributed by atoms with Crippen molar-refractivity contribution in [2.75, 3.05) is 6.54 Å². The van der Waals surface area contributed by atoms with Gasteiger partial charge in [0.05, 0.1) is 18.1 Å². The van der Waals surface area contributed by atoms with Crippen LogP contribution in [0, 0.1) is 0 Å². The molecule has 2 aromatic carbocycles. The SMILES string of the molecule is OC(CNC(Cc1ccccn1)(c1cccc(OC(F)(F)F)c1)c1cccc(OC(F)(F)F)c1)CC(F)(F)F. The first-order valence-electron chi connectivity index (χ1n) is 11.2. The summed E-state index contributed by atoms with van der Waals surface area (Å²) in [5.74, 6) is -1.38. The van der Waals surface area contributed by atoms with Crippen molar-refractivity contribution in [1.82, 2.24) is 10.3 Å². The second-order valence-electron chi connectivity index (χ2n) is 8.41. The molecular weight excluding hydrogens is 547 g/mol. The van der Waals surface area contributed by atoms with E-state index in [-0.39, 0.29) is 23.2 Å². The second kappa shape index (κ2) is 11.7. The van der Waals surface area contributed by atoms with Crippen LogP contribution in [0.15, 0.2) is 72.9 Å². The smallest absolute Gasteiger partial charge is 0.406 e. The number of aliphatic hydroxyl groups excluding tert-OH is 1. The minimum atomic E-state index is -5.08. The Morgan fingerprint density at radius 2 is 1.28 bits per heavy atom. The van der Waals surface area contributed by atoms with Crippen molar-refractivity contribution in [2.24, 2.45) is 0 Å². The minimum absolute atomic E-state index is 0.0294. The molecule has 0 aliphatic carbocycles. The Morgan fingerprint density at radius 3 is 1.72 bits per heavy atom. The van der Waals surface area contributed by atoms with E-state index >= 15 is 0 Å². The standard InChI is InChI=1S/C25H21F9N2O3/c26-23(27,28)14-19(37)15-36-22(13-18-7-1-2-10-35-18,16-5-3-8-20(11-16)38-24(29,30)31)17-6-4-9-21(12-17)39-25(32,33)34/h1-12,19,36-37H,13-15H2. The van der Waals surface area contributed by atoms with Gasteiger partial charge >= 0.3 is 18.9 Å². The number of nitrogens with one attached hydrogen (secondary N) is 1. The van der Waals surface area contributed by atoms with E-state index in [9.17, 15) is 44.6 Å². The highest BCUT2D eigenvalue weighted by molar-refractivity contribution is 5.45. The summed E-state index contributed by atoms with van der Waals surface area (Å²) in [5.41, 5.74) is -1.59. The van der Waals surface area contributed by atoms with Crippen molar-refractivity contribution in [3.05, 3.63) is 89.7 Å². The van der Waals surface area contributed by atoms with Crippen LogP contribution in [0.4, 0.5) is 39.5 Å². The maximum absolute atomic E-state index is 13.0. The van der Waals surface area contributed by atoms with E-state index in [0.29, 0.717) is 0 Å². The number of alkyl halides is 9. The van der Waals surface area contributed by atoms with Crippen LogP contribution in [0.1, 0.15) is 23.2 Å². The van der Waals surface area contributed by atoms with Crippen LogP contribution < -0.4 is 14.8 Å². The van der Waals surface area contributed by atoms with E-state index in [2.05, 4.69) is 19.8 Å². The summed E-state index contributed by atoms with van der Waals surface area (Å²) in [6.07, 6.45) is -17.4. The summed E-state index contributed by atoms with van der Waals surface area (Å²) in [5, 5.41) is 12.8. The van der Waals surface area contributed by atoms with E-state index in [1.807, 2.05) is 0 Å². The largest absolute Gasteiger partial charge is 0.573 e. The quantitative estimate of drug-likeness (QED) is 0.283. The minimum Gasteiger partial charge on any atom is -0.406 e. The predicted octanol–water partition coefficient (Wildman–Crippen LogP) is 6.27. The lowest BCUT2D eigenvalue weighted by atomic mass is 9.78. The maximum Gasteiger partial charge on any atom is 0.573 e.